The SMILES string of the molecule is CC(C)c1cccc(C(C)C)c1N1B(Cl)N(c2ccccc2)N=C1C(C)(C)C. The predicted octanol–water partition coefficient (Wildman–Crippen LogP) is 6.84. The zero-order valence-corrected chi connectivity index (χ0v) is 18.8. The van der Waals surface area contributed by atoms with Gasteiger partial charge in [0.1, 0.15) is 5.84 Å². The summed E-state index contributed by atoms with van der Waals surface area (Å²) >= 11 is 7.10. The summed E-state index contributed by atoms with van der Waals surface area (Å²) in [6, 6.07) is 16.8. The van der Waals surface area contributed by atoms with Crippen molar-refractivity contribution in [2.24, 2.45) is 10.5 Å². The van der Waals surface area contributed by atoms with Crippen LogP contribution in [0.5, 0.6) is 0 Å². The molecule has 1 heterocycles. The largest absolute Gasteiger partial charge is 0.513 e. The minimum atomic E-state index is -0.408. The molecule has 0 fully saturated rings. The Bertz CT molecular complexity index is 830. The number of nitrogens with zero attached hydrogens (tertiary/aromatic N) is 3. The van der Waals surface area contributed by atoms with Crippen molar-refractivity contribution < 1.29 is 0 Å². The van der Waals surface area contributed by atoms with E-state index in [9.17, 15) is 0 Å². The van der Waals surface area contributed by atoms with Gasteiger partial charge in [-0.1, -0.05) is 84.9 Å². The first kappa shape index (κ1) is 20.8. The van der Waals surface area contributed by atoms with Crippen molar-refractivity contribution in [1.29, 1.82) is 0 Å². The Morgan fingerprint density at radius 3 is 1.86 bits per heavy atom. The lowest BCUT2D eigenvalue weighted by Gasteiger charge is -2.34. The summed E-state index contributed by atoms with van der Waals surface area (Å²) in [6.07, 6.45) is -0.408. The Labute approximate surface area is 175 Å². The van der Waals surface area contributed by atoms with Crippen molar-refractivity contribution in [3.05, 3.63) is 59.7 Å². The highest BCUT2D eigenvalue weighted by molar-refractivity contribution is 7.13. The lowest BCUT2D eigenvalue weighted by Crippen LogP contribution is -2.47. The van der Waals surface area contributed by atoms with Gasteiger partial charge in [-0.3, -0.25) is 4.92 Å². The second-order valence-corrected chi connectivity index (χ2v) is 9.52. The Morgan fingerprint density at radius 2 is 1.39 bits per heavy atom. The lowest BCUT2D eigenvalue weighted by molar-refractivity contribution is 0.585. The third-order valence-electron chi connectivity index (χ3n) is 5.12. The monoisotopic (exact) mass is 395 g/mol. The van der Waals surface area contributed by atoms with Gasteiger partial charge in [0.2, 0.25) is 0 Å². The van der Waals surface area contributed by atoms with Crippen LogP contribution >= 0.6 is 11.5 Å². The van der Waals surface area contributed by atoms with Crippen LogP contribution in [0.15, 0.2) is 53.6 Å². The molecule has 28 heavy (non-hydrogen) atoms. The quantitative estimate of drug-likeness (QED) is 0.527. The molecular formula is C23H31BClN3. The van der Waals surface area contributed by atoms with Gasteiger partial charge in [-0.2, -0.15) is 5.10 Å². The highest BCUT2D eigenvalue weighted by atomic mass is 35.5. The Hall–Kier alpha value is -1.94. The van der Waals surface area contributed by atoms with Gasteiger partial charge in [-0.25, -0.2) is 0 Å². The number of halogens is 1. The molecule has 0 radical (unpaired) electrons. The zero-order chi connectivity index (χ0) is 20.6. The number of hydrazone groups is 1. The van der Waals surface area contributed by atoms with Gasteiger partial charge >= 0.3 is 6.40 Å². The number of benzene rings is 2. The van der Waals surface area contributed by atoms with Crippen LogP contribution in [0.1, 0.15) is 71.4 Å². The summed E-state index contributed by atoms with van der Waals surface area (Å²) in [7, 11) is 0. The van der Waals surface area contributed by atoms with Crippen LogP contribution in [0.4, 0.5) is 11.4 Å². The highest BCUT2D eigenvalue weighted by Gasteiger charge is 2.45. The van der Waals surface area contributed by atoms with E-state index in [4.69, 9.17) is 16.6 Å². The lowest BCUT2D eigenvalue weighted by atomic mass is 9.85. The molecule has 3 rings (SSSR count). The van der Waals surface area contributed by atoms with E-state index in [2.05, 4.69) is 83.6 Å². The van der Waals surface area contributed by atoms with Gasteiger partial charge in [0.25, 0.3) is 0 Å². The number of hydrogen-bond donors (Lipinski definition) is 0. The first-order valence-corrected chi connectivity index (χ1v) is 10.6. The molecule has 2 aromatic rings. The molecule has 2 aromatic carbocycles. The number of anilines is 2. The fourth-order valence-corrected chi connectivity index (χ4v) is 4.03. The van der Waals surface area contributed by atoms with Crippen molar-refractivity contribution in [1.82, 2.24) is 0 Å². The number of para-hydroxylation sites is 2. The molecule has 0 aliphatic carbocycles. The molecule has 0 unspecified atom stereocenters. The Balaban J connectivity index is 2.22. The topological polar surface area (TPSA) is 18.8 Å². The summed E-state index contributed by atoms with van der Waals surface area (Å²) in [5.41, 5.74) is 4.68. The van der Waals surface area contributed by atoms with Crippen molar-refractivity contribution in [2.75, 3.05) is 9.73 Å². The summed E-state index contributed by atoms with van der Waals surface area (Å²) < 4.78 is 0. The van der Waals surface area contributed by atoms with Crippen LogP contribution in [0.2, 0.25) is 0 Å². The molecule has 1 aliphatic heterocycles. The molecule has 0 bridgehead atoms. The Morgan fingerprint density at radius 1 is 0.857 bits per heavy atom. The molecule has 0 spiro atoms. The van der Waals surface area contributed by atoms with E-state index in [-0.39, 0.29) is 5.41 Å². The van der Waals surface area contributed by atoms with Gasteiger partial charge in [0, 0.05) is 16.8 Å². The molecule has 3 nitrogen and oxygen atoms in total. The van der Waals surface area contributed by atoms with Crippen LogP contribution in [0, 0.1) is 5.41 Å². The van der Waals surface area contributed by atoms with Gasteiger partial charge in [-0.05, 0) is 35.1 Å². The van der Waals surface area contributed by atoms with Crippen molar-refractivity contribution >= 4 is 35.1 Å². The van der Waals surface area contributed by atoms with Gasteiger partial charge in [0.05, 0.1) is 0 Å². The van der Waals surface area contributed by atoms with Crippen LogP contribution < -0.4 is 9.73 Å². The van der Waals surface area contributed by atoms with E-state index in [1.807, 2.05) is 23.1 Å². The Kier molecular flexibility index (Phi) is 5.81. The maximum atomic E-state index is 7.10. The summed E-state index contributed by atoms with van der Waals surface area (Å²) in [5.74, 6) is 1.78. The fraction of sp³-hybridized carbons (Fsp3) is 0.435. The third-order valence-corrected chi connectivity index (χ3v) is 5.50. The van der Waals surface area contributed by atoms with E-state index in [1.54, 1.807) is 0 Å². The third kappa shape index (κ3) is 3.80. The van der Waals surface area contributed by atoms with Crippen molar-refractivity contribution in [3.8, 4) is 0 Å². The molecule has 0 aromatic heterocycles. The molecule has 5 heteroatoms. The average molecular weight is 396 g/mol. The normalized spacial score (nSPS) is 15.1. The van der Waals surface area contributed by atoms with Gasteiger partial charge in [-0.15, -0.1) is 11.5 Å². The van der Waals surface area contributed by atoms with Crippen LogP contribution in [-0.2, 0) is 0 Å². The molecule has 0 atom stereocenters. The van der Waals surface area contributed by atoms with Crippen LogP contribution in [0.3, 0.4) is 0 Å². The molecule has 0 saturated heterocycles. The van der Waals surface area contributed by atoms with E-state index in [0.29, 0.717) is 11.8 Å². The minimum absolute atomic E-state index is 0.144. The van der Waals surface area contributed by atoms with Crippen LogP contribution in [0.25, 0.3) is 0 Å². The molecule has 0 amide bonds. The second-order valence-electron chi connectivity index (χ2n) is 9.13. The molecular weight excluding hydrogens is 365 g/mol. The maximum absolute atomic E-state index is 7.10. The number of amidine groups is 1. The van der Waals surface area contributed by atoms with E-state index < -0.39 is 6.40 Å². The smallest absolute Gasteiger partial charge is 0.336 e. The molecule has 0 N–H and O–H groups in total. The van der Waals surface area contributed by atoms with Crippen molar-refractivity contribution in [2.45, 2.75) is 60.3 Å². The van der Waals surface area contributed by atoms with Gasteiger partial charge in [0.15, 0.2) is 0 Å². The predicted molar refractivity (Wildman–Crippen MR) is 125 cm³/mol. The molecule has 1 aliphatic rings. The van der Waals surface area contributed by atoms with Gasteiger partial charge < -0.3 is 4.81 Å². The zero-order valence-electron chi connectivity index (χ0n) is 18.1. The molecule has 0 saturated carbocycles. The summed E-state index contributed by atoms with van der Waals surface area (Å²) in [6.45, 7) is 15.6. The standard InChI is InChI=1S/C23H31BClN3/c1-16(2)19-14-11-15-20(17(3)4)21(19)27-22(23(5,6)7)26-28(24(27)25)18-12-9-8-10-13-18/h8-17H,1-7H3. The fourth-order valence-electron chi connectivity index (χ4n) is 3.68. The number of hydrogen-bond acceptors (Lipinski definition) is 3. The van der Waals surface area contributed by atoms with E-state index >= 15 is 0 Å². The average Bonchev–Trinajstić information content (AvgIpc) is 2.99. The van der Waals surface area contributed by atoms with E-state index in [0.717, 1.165) is 11.5 Å². The number of rotatable bonds is 4. The maximum Gasteiger partial charge on any atom is 0.513 e. The highest BCUT2D eigenvalue weighted by Crippen LogP contribution is 2.42. The minimum Gasteiger partial charge on any atom is -0.336 e. The van der Waals surface area contributed by atoms with Crippen molar-refractivity contribution in [3.63, 3.8) is 0 Å². The first-order chi connectivity index (χ1) is 13.1. The van der Waals surface area contributed by atoms with Crippen LogP contribution in [-0.4, -0.2) is 12.2 Å². The second kappa shape index (κ2) is 7.83. The molecule has 148 valence electrons. The summed E-state index contributed by atoms with van der Waals surface area (Å²) in [5, 5.41) is 5.01. The van der Waals surface area contributed by atoms with E-state index in [1.165, 1.54) is 16.8 Å². The first-order valence-electron chi connectivity index (χ1n) is 10.1. The summed E-state index contributed by atoms with van der Waals surface area (Å²) in [4.78, 5) is 4.18.